The maximum atomic E-state index is 13.6. The molecule has 0 aromatic carbocycles. The highest BCUT2D eigenvalue weighted by atomic mass is 16.5. The SMILES string of the molecule is COC(=O)[C@@H]1C[C@@H](OC2=NC3CC(OC)=CC=C3N=C2C#CCCCC2CC2)CN1C(=O)[C@@H](NC(=O)O)C(C)(C)C. The van der Waals surface area contributed by atoms with Gasteiger partial charge in [-0.05, 0) is 42.2 Å². The minimum absolute atomic E-state index is 0.0458. The summed E-state index contributed by atoms with van der Waals surface area (Å²) in [4.78, 5) is 48.7. The Hall–Kier alpha value is -3.81. The van der Waals surface area contributed by atoms with Crippen LogP contribution < -0.4 is 5.32 Å². The number of carbonyl (C=O) groups is 3. The van der Waals surface area contributed by atoms with Crippen molar-refractivity contribution in [3.63, 3.8) is 0 Å². The first-order chi connectivity index (χ1) is 19.5. The number of rotatable bonds is 8. The van der Waals surface area contributed by atoms with Gasteiger partial charge < -0.3 is 29.5 Å². The minimum atomic E-state index is -1.33. The zero-order valence-corrected chi connectivity index (χ0v) is 24.4. The summed E-state index contributed by atoms with van der Waals surface area (Å²) in [5.74, 6) is 7.10. The van der Waals surface area contributed by atoms with Crippen LogP contribution >= 0.6 is 0 Å². The van der Waals surface area contributed by atoms with Gasteiger partial charge in [0.1, 0.15) is 24.2 Å². The van der Waals surface area contributed by atoms with E-state index in [9.17, 15) is 19.5 Å². The maximum absolute atomic E-state index is 13.6. The summed E-state index contributed by atoms with van der Waals surface area (Å²) in [6.07, 6.45) is 8.07. The van der Waals surface area contributed by atoms with Gasteiger partial charge in [0.2, 0.25) is 11.8 Å². The molecule has 0 bridgehead atoms. The molecule has 1 unspecified atom stereocenters. The van der Waals surface area contributed by atoms with E-state index in [1.54, 1.807) is 27.9 Å². The number of amides is 2. The van der Waals surface area contributed by atoms with Gasteiger partial charge in [0, 0.05) is 19.3 Å². The second kappa shape index (κ2) is 12.8. The van der Waals surface area contributed by atoms with Gasteiger partial charge in [-0.2, -0.15) is 0 Å². The smallest absolute Gasteiger partial charge is 0.405 e. The van der Waals surface area contributed by atoms with E-state index in [2.05, 4.69) is 17.2 Å². The normalized spacial score (nSPS) is 24.3. The Balaban J connectivity index is 1.55. The predicted molar refractivity (Wildman–Crippen MR) is 152 cm³/mol. The second-order valence-electron chi connectivity index (χ2n) is 11.9. The van der Waals surface area contributed by atoms with Gasteiger partial charge in [0.15, 0.2) is 5.71 Å². The molecule has 222 valence electrons. The van der Waals surface area contributed by atoms with E-state index in [0.29, 0.717) is 12.1 Å². The Morgan fingerprint density at radius 2 is 1.98 bits per heavy atom. The molecule has 1 saturated carbocycles. The highest BCUT2D eigenvalue weighted by Crippen LogP contribution is 2.34. The summed E-state index contributed by atoms with van der Waals surface area (Å²) >= 11 is 0. The molecule has 2 fully saturated rings. The molecular formula is C30H40N4O7. The van der Waals surface area contributed by atoms with Crippen molar-refractivity contribution in [3.05, 3.63) is 23.6 Å². The minimum Gasteiger partial charge on any atom is -0.501 e. The number of methoxy groups -OCH3 is 2. The molecule has 1 saturated heterocycles. The standard InChI is InChI=1S/C30H40N4O7/c1-30(2,3)25(33-29(37)38)27(35)34-17-20(16-24(34)28(36)40-5)41-26-22(10-8-6-7-9-18-11-12-18)31-21-14-13-19(39-4)15-23(21)32-26/h13-14,18,20,23-25,33H,6-7,9,11-12,15-17H2,1-5H3,(H,37,38)/t20-,23?,24+,25-/m1/s1. The van der Waals surface area contributed by atoms with Gasteiger partial charge in [0.05, 0.1) is 32.2 Å². The number of hydrogen-bond acceptors (Lipinski definition) is 8. The van der Waals surface area contributed by atoms with Crippen molar-refractivity contribution < 1.29 is 33.7 Å². The van der Waals surface area contributed by atoms with Crippen LogP contribution in [0.15, 0.2) is 33.6 Å². The molecule has 2 heterocycles. The van der Waals surface area contributed by atoms with Crippen LogP contribution in [-0.4, -0.2) is 84.6 Å². The quantitative estimate of drug-likeness (QED) is 0.260. The Labute approximate surface area is 241 Å². The van der Waals surface area contributed by atoms with Crippen LogP contribution in [0.5, 0.6) is 0 Å². The summed E-state index contributed by atoms with van der Waals surface area (Å²) < 4.78 is 16.7. The van der Waals surface area contributed by atoms with Gasteiger partial charge >= 0.3 is 12.1 Å². The molecule has 4 rings (SSSR count). The van der Waals surface area contributed by atoms with Crippen LogP contribution in [0.4, 0.5) is 4.79 Å². The molecule has 2 aliphatic heterocycles. The van der Waals surface area contributed by atoms with Gasteiger partial charge in [-0.15, -0.1) is 0 Å². The summed E-state index contributed by atoms with van der Waals surface area (Å²) in [6, 6.07) is -2.32. The van der Waals surface area contributed by atoms with Crippen molar-refractivity contribution >= 4 is 29.6 Å². The number of allylic oxidation sites excluding steroid dienone is 2. The number of esters is 1. The van der Waals surface area contributed by atoms with E-state index < -0.39 is 41.6 Å². The van der Waals surface area contributed by atoms with E-state index in [1.165, 1.54) is 31.3 Å². The molecule has 2 amide bonds. The number of aliphatic imine (C=N–C) groups is 2. The van der Waals surface area contributed by atoms with Crippen molar-refractivity contribution in [3.8, 4) is 11.8 Å². The molecular weight excluding hydrogens is 528 g/mol. The summed E-state index contributed by atoms with van der Waals surface area (Å²) in [7, 11) is 2.86. The van der Waals surface area contributed by atoms with E-state index >= 15 is 0 Å². The lowest BCUT2D eigenvalue weighted by Crippen LogP contribution is -2.56. The summed E-state index contributed by atoms with van der Waals surface area (Å²) in [6.45, 7) is 5.31. The lowest BCUT2D eigenvalue weighted by molar-refractivity contribution is -0.152. The number of nitrogens with one attached hydrogen (secondary N) is 1. The lowest BCUT2D eigenvalue weighted by atomic mass is 9.85. The number of fused-ring (bicyclic) bond motifs is 1. The number of hydrogen-bond donors (Lipinski definition) is 2. The molecule has 0 spiro atoms. The van der Waals surface area contributed by atoms with Crippen molar-refractivity contribution in [1.82, 2.24) is 10.2 Å². The van der Waals surface area contributed by atoms with Crippen LogP contribution in [0.25, 0.3) is 0 Å². The summed E-state index contributed by atoms with van der Waals surface area (Å²) in [5.41, 5.74) is 0.435. The average molecular weight is 569 g/mol. The third kappa shape index (κ3) is 7.69. The maximum Gasteiger partial charge on any atom is 0.405 e. The molecule has 41 heavy (non-hydrogen) atoms. The molecule has 4 aliphatic rings. The van der Waals surface area contributed by atoms with Crippen molar-refractivity contribution in [2.24, 2.45) is 21.3 Å². The first-order valence-electron chi connectivity index (χ1n) is 14.1. The second-order valence-corrected chi connectivity index (χ2v) is 11.9. The van der Waals surface area contributed by atoms with E-state index in [-0.39, 0.29) is 24.9 Å². The van der Waals surface area contributed by atoms with Crippen LogP contribution in [-0.2, 0) is 23.8 Å². The van der Waals surface area contributed by atoms with E-state index in [0.717, 1.165) is 30.2 Å². The highest BCUT2D eigenvalue weighted by Gasteiger charge is 2.46. The van der Waals surface area contributed by atoms with Crippen molar-refractivity contribution in [1.29, 1.82) is 0 Å². The highest BCUT2D eigenvalue weighted by molar-refractivity contribution is 6.46. The van der Waals surface area contributed by atoms with Crippen LogP contribution in [0.3, 0.4) is 0 Å². The van der Waals surface area contributed by atoms with Crippen LogP contribution in [0.1, 0.15) is 65.7 Å². The number of nitrogens with zero attached hydrogens (tertiary/aromatic N) is 3. The molecule has 4 atom stereocenters. The molecule has 0 aromatic heterocycles. The molecule has 11 nitrogen and oxygen atoms in total. The van der Waals surface area contributed by atoms with Gasteiger partial charge in [-0.25, -0.2) is 19.6 Å². The first-order valence-corrected chi connectivity index (χ1v) is 14.1. The largest absolute Gasteiger partial charge is 0.501 e. The van der Waals surface area contributed by atoms with E-state index in [4.69, 9.17) is 24.2 Å². The third-order valence-electron chi connectivity index (χ3n) is 7.65. The zero-order valence-electron chi connectivity index (χ0n) is 24.4. The lowest BCUT2D eigenvalue weighted by Gasteiger charge is -2.34. The molecule has 0 radical (unpaired) electrons. The summed E-state index contributed by atoms with van der Waals surface area (Å²) in [5, 5.41) is 11.7. The predicted octanol–water partition coefficient (Wildman–Crippen LogP) is 3.45. The number of ether oxygens (including phenoxy) is 3. The molecule has 0 aromatic rings. The number of carboxylic acid groups (broad SMARTS) is 1. The Bertz CT molecular complexity index is 1230. The Morgan fingerprint density at radius 1 is 1.22 bits per heavy atom. The van der Waals surface area contributed by atoms with Gasteiger partial charge in [-0.1, -0.05) is 39.5 Å². The van der Waals surface area contributed by atoms with Crippen LogP contribution in [0.2, 0.25) is 0 Å². The fourth-order valence-corrected chi connectivity index (χ4v) is 5.19. The number of carbonyl (C=O) groups excluding carboxylic acids is 2. The fourth-order valence-electron chi connectivity index (χ4n) is 5.19. The van der Waals surface area contributed by atoms with Gasteiger partial charge in [-0.3, -0.25) is 4.79 Å². The fraction of sp³-hybridized carbons (Fsp3) is 0.633. The average Bonchev–Trinajstić information content (AvgIpc) is 3.66. The van der Waals surface area contributed by atoms with Gasteiger partial charge in [0.25, 0.3) is 0 Å². The number of unbranched alkanes of at least 4 members (excludes halogenated alkanes) is 1. The van der Waals surface area contributed by atoms with Crippen molar-refractivity contribution in [2.45, 2.75) is 89.9 Å². The van der Waals surface area contributed by atoms with E-state index in [1.807, 2.05) is 12.2 Å². The molecule has 2 N–H and O–H groups in total. The molecule has 11 heteroatoms. The topological polar surface area (TPSA) is 139 Å². The molecule has 2 aliphatic carbocycles. The number of likely N-dealkylation sites (tertiary alicyclic amines) is 1. The first kappa shape index (κ1) is 30.2. The Kier molecular flexibility index (Phi) is 9.41. The monoisotopic (exact) mass is 568 g/mol. The van der Waals surface area contributed by atoms with Crippen molar-refractivity contribution in [2.75, 3.05) is 20.8 Å². The zero-order chi connectivity index (χ0) is 29.7. The van der Waals surface area contributed by atoms with Crippen LogP contribution in [0, 0.1) is 23.2 Å². The Morgan fingerprint density at radius 3 is 2.61 bits per heavy atom. The third-order valence-corrected chi connectivity index (χ3v) is 7.65.